The Bertz CT molecular complexity index is 1380. The van der Waals surface area contributed by atoms with Crippen molar-refractivity contribution in [2.45, 2.75) is 116 Å². The number of aryl methyl sites for hydroxylation is 1. The van der Waals surface area contributed by atoms with Gasteiger partial charge in [-0.15, -0.1) is 0 Å². The number of hydrogen-bond acceptors (Lipinski definition) is 8. The van der Waals surface area contributed by atoms with E-state index in [0.29, 0.717) is 6.42 Å². The largest absolute Gasteiger partial charge is 0.414 e. The molecule has 2 N–H and O–H groups in total. The second kappa shape index (κ2) is 11.5. The van der Waals surface area contributed by atoms with Gasteiger partial charge in [0.2, 0.25) is 11.9 Å². The molecule has 14 heteroatoms. The Balaban J connectivity index is 1.80. The summed E-state index contributed by atoms with van der Waals surface area (Å²) < 4.78 is 30.4. The van der Waals surface area contributed by atoms with Crippen LogP contribution in [0.1, 0.15) is 81.9 Å². The van der Waals surface area contributed by atoms with Crippen LogP contribution >= 0.6 is 0 Å². The van der Waals surface area contributed by atoms with E-state index in [1.807, 2.05) is 0 Å². The molecule has 0 spiro atoms. The van der Waals surface area contributed by atoms with Gasteiger partial charge in [-0.05, 0) is 22.2 Å². The second-order valence-electron chi connectivity index (χ2n) is 12.9. The molecular weight excluding hydrogens is 562 g/mol. The smallest absolute Gasteiger partial charge is 0.335 e. The lowest BCUT2D eigenvalue weighted by atomic mass is 10.2. The van der Waals surface area contributed by atoms with Crippen LogP contribution in [0.15, 0.2) is 9.59 Å². The van der Waals surface area contributed by atoms with Crippen LogP contribution in [-0.4, -0.2) is 60.9 Å². The maximum atomic E-state index is 13.5. The topological polar surface area (TPSA) is 139 Å². The van der Waals surface area contributed by atoms with Gasteiger partial charge in [0, 0.05) is 19.4 Å². The highest BCUT2D eigenvalue weighted by molar-refractivity contribution is 6.83. The van der Waals surface area contributed by atoms with E-state index in [9.17, 15) is 14.4 Å². The highest BCUT2D eigenvalue weighted by Crippen LogP contribution is 2.48. The van der Waals surface area contributed by atoms with E-state index in [2.05, 4.69) is 70.7 Å². The molecule has 2 aliphatic heterocycles. The molecule has 1 amide bonds. The van der Waals surface area contributed by atoms with E-state index in [1.165, 1.54) is 16.2 Å². The highest BCUT2D eigenvalue weighted by atomic mass is 28.5. The number of ether oxygens (including phenoxy) is 1. The Labute approximate surface area is 243 Å². The first kappa shape index (κ1) is 31.8. The third kappa shape index (κ3) is 5.42. The fourth-order valence-corrected chi connectivity index (χ4v) is 17.4. The summed E-state index contributed by atoms with van der Waals surface area (Å²) in [4.78, 5) is 45.9. The van der Waals surface area contributed by atoms with E-state index in [-0.39, 0.29) is 63.8 Å². The number of amides is 1. The van der Waals surface area contributed by atoms with Gasteiger partial charge >= 0.3 is 22.8 Å². The Kier molecular flexibility index (Phi) is 8.95. The zero-order valence-corrected chi connectivity index (χ0v) is 28.2. The number of nitrogens with one attached hydrogen (secondary N) is 2. The van der Waals surface area contributed by atoms with Crippen molar-refractivity contribution < 1.29 is 22.5 Å². The van der Waals surface area contributed by atoms with Crippen LogP contribution in [0, 0.1) is 5.92 Å². The molecule has 4 rings (SSSR count). The fourth-order valence-electron chi connectivity index (χ4n) is 6.15. The lowest BCUT2D eigenvalue weighted by molar-refractivity contribution is -0.118. The molecule has 0 aliphatic carbocycles. The Morgan fingerprint density at radius 3 is 2.07 bits per heavy atom. The summed E-state index contributed by atoms with van der Waals surface area (Å²) in [5, 5.41) is 2.63. The number of imidazole rings is 1. The van der Waals surface area contributed by atoms with Crippen LogP contribution in [0.2, 0.25) is 22.2 Å². The van der Waals surface area contributed by atoms with Crippen molar-refractivity contribution in [1.82, 2.24) is 19.1 Å². The first-order valence-electron chi connectivity index (χ1n) is 14.7. The van der Waals surface area contributed by atoms with Crippen LogP contribution in [0.3, 0.4) is 0 Å². The summed E-state index contributed by atoms with van der Waals surface area (Å²) in [7, 11) is -4.08. The van der Waals surface area contributed by atoms with Gasteiger partial charge in [-0.2, -0.15) is 4.98 Å². The summed E-state index contributed by atoms with van der Waals surface area (Å²) in [5.74, 6) is -0.639. The quantitative estimate of drug-likeness (QED) is 0.444. The molecule has 0 unspecified atom stereocenters. The molecule has 0 bridgehead atoms. The lowest BCUT2D eigenvalue weighted by Gasteiger charge is -2.51. The maximum Gasteiger partial charge on any atom is 0.335 e. The highest BCUT2D eigenvalue weighted by Gasteiger charge is 2.60. The summed E-state index contributed by atoms with van der Waals surface area (Å²) in [6, 6.07) is 0. The summed E-state index contributed by atoms with van der Waals surface area (Å²) in [6.07, 6.45) is -1.18. The molecule has 2 fully saturated rings. The van der Waals surface area contributed by atoms with Crippen molar-refractivity contribution in [2.75, 3.05) is 11.9 Å². The third-order valence-electron chi connectivity index (χ3n) is 8.51. The van der Waals surface area contributed by atoms with E-state index >= 15 is 0 Å². The number of aromatic nitrogens is 4. The van der Waals surface area contributed by atoms with E-state index < -0.39 is 40.7 Å². The first-order valence-corrected chi connectivity index (χ1v) is 18.7. The van der Waals surface area contributed by atoms with Crippen LogP contribution in [0.25, 0.3) is 11.2 Å². The number of carbonyl (C=O) groups is 1. The Morgan fingerprint density at radius 2 is 1.54 bits per heavy atom. The zero-order chi connectivity index (χ0) is 30.6. The van der Waals surface area contributed by atoms with Crippen molar-refractivity contribution in [3.8, 4) is 0 Å². The predicted octanol–water partition coefficient (Wildman–Crippen LogP) is 4.26. The van der Waals surface area contributed by atoms with Crippen molar-refractivity contribution in [3.05, 3.63) is 20.8 Å². The van der Waals surface area contributed by atoms with Gasteiger partial charge in [-0.1, -0.05) is 69.2 Å². The average Bonchev–Trinajstić information content (AvgIpc) is 3.35. The normalized spacial score (nSPS) is 24.4. The van der Waals surface area contributed by atoms with Gasteiger partial charge in [0.15, 0.2) is 11.2 Å². The Morgan fingerprint density at radius 1 is 0.951 bits per heavy atom. The molecule has 41 heavy (non-hydrogen) atoms. The molecule has 2 aromatic heterocycles. The Hall–Kier alpha value is -2.11. The minimum Gasteiger partial charge on any atom is -0.414 e. The number of fused-ring (bicyclic) bond motifs is 2. The predicted molar refractivity (Wildman–Crippen MR) is 161 cm³/mol. The first-order chi connectivity index (χ1) is 19.1. The van der Waals surface area contributed by atoms with Crippen molar-refractivity contribution >= 4 is 40.1 Å². The number of H-pyrrole nitrogens is 1. The van der Waals surface area contributed by atoms with Gasteiger partial charge in [-0.25, -0.2) is 9.36 Å². The number of carbonyl (C=O) groups excluding carboxylic acids is 1. The third-order valence-corrected chi connectivity index (χ3v) is 18.8. The minimum atomic E-state index is -2.86. The van der Waals surface area contributed by atoms with Crippen molar-refractivity contribution in [1.29, 1.82) is 0 Å². The maximum absolute atomic E-state index is 13.5. The summed E-state index contributed by atoms with van der Waals surface area (Å²) in [5.41, 5.74) is -0.0280. The molecule has 2 aromatic rings. The van der Waals surface area contributed by atoms with Gasteiger partial charge in [0.1, 0.15) is 12.3 Å². The van der Waals surface area contributed by atoms with E-state index in [4.69, 9.17) is 17.7 Å². The number of aromatic amines is 1. The van der Waals surface area contributed by atoms with Crippen LogP contribution in [0.4, 0.5) is 5.95 Å². The van der Waals surface area contributed by atoms with E-state index in [0.717, 1.165) is 0 Å². The number of rotatable bonds is 7. The number of anilines is 1. The minimum absolute atomic E-state index is 0.0202. The lowest BCUT2D eigenvalue weighted by Crippen LogP contribution is -2.65. The van der Waals surface area contributed by atoms with Crippen molar-refractivity contribution in [3.63, 3.8) is 0 Å². The van der Waals surface area contributed by atoms with Gasteiger partial charge in [0.25, 0.3) is 5.56 Å². The molecule has 0 aromatic carbocycles. The zero-order valence-electron chi connectivity index (χ0n) is 26.2. The molecule has 3 atom stereocenters. The molecule has 0 saturated carbocycles. The monoisotopic (exact) mass is 609 g/mol. The van der Waals surface area contributed by atoms with E-state index in [1.54, 1.807) is 13.8 Å². The van der Waals surface area contributed by atoms with Gasteiger partial charge < -0.3 is 17.7 Å². The van der Waals surface area contributed by atoms with Gasteiger partial charge in [0.05, 0.1) is 12.7 Å². The summed E-state index contributed by atoms with van der Waals surface area (Å²) in [6.45, 7) is 21.1. The fraction of sp³-hybridized carbons (Fsp3) is 0.778. The van der Waals surface area contributed by atoms with Gasteiger partial charge in [-0.3, -0.25) is 24.5 Å². The number of nitrogens with zero attached hydrogens (tertiary/aromatic N) is 3. The molecule has 0 radical (unpaired) electrons. The molecule has 2 aliphatic rings. The van der Waals surface area contributed by atoms with Crippen molar-refractivity contribution in [2.24, 2.45) is 13.0 Å². The van der Waals surface area contributed by atoms with Crippen LogP contribution < -0.4 is 16.6 Å². The SMILES string of the molecule is CC(C)C(=O)Nc1nc2c(c(=O)[nH]1)n(C)c(=O)n2[C@H]1C[C@@H]2O[Si](C(C)C)(C(C)C)O[Si](C(C)C)(C(C)C)OC[C@H]2O1. The average molecular weight is 610 g/mol. The molecule has 2 saturated heterocycles. The van der Waals surface area contributed by atoms with Crippen LogP contribution in [-0.2, 0) is 29.5 Å². The summed E-state index contributed by atoms with van der Waals surface area (Å²) >= 11 is 0. The standard InChI is InChI=1S/C27H47N5O7Si2/c1-14(2)24(33)29-26-28-23-22(25(34)30-26)31(11)27(35)32(23)21-12-19-20(37-21)13-36-40(15(3)4,16(5)6)39-41(38-19,17(7)8)18(9)10/h14-21H,12-13H2,1-11H3,(H2,28,29,30,33,34)/t19-,20+,21+/m0/s1. The number of hydrogen-bond donors (Lipinski definition) is 2. The molecular formula is C27H47N5O7Si2. The van der Waals surface area contributed by atoms with Crippen LogP contribution in [0.5, 0.6) is 0 Å². The molecule has 4 heterocycles. The molecule has 12 nitrogen and oxygen atoms in total. The molecule has 230 valence electrons. The second-order valence-corrected chi connectivity index (χ2v) is 21.8.